The van der Waals surface area contributed by atoms with E-state index in [1.807, 2.05) is 56.4 Å². The minimum Gasteiger partial charge on any atom is -0.373 e. The summed E-state index contributed by atoms with van der Waals surface area (Å²) >= 11 is 0. The van der Waals surface area contributed by atoms with Crippen molar-refractivity contribution in [2.75, 3.05) is 17.7 Å². The summed E-state index contributed by atoms with van der Waals surface area (Å²) in [6, 6.07) is 13.8. The standard InChI is InChI=1S/C20H19N9/c1-12(26-18-16-17(23-10-22-16)24-11-25-18)19-27-14-8-9-15(21-2)28-20(14)29(19)13-6-4-3-5-7-13/h3-12H,1-2H3,(H,21,28)(H2,22,23,24,25,26)/t12-/m0/s1. The van der Waals surface area contributed by atoms with E-state index in [1.165, 1.54) is 6.33 Å². The summed E-state index contributed by atoms with van der Waals surface area (Å²) in [5.74, 6) is 2.27. The van der Waals surface area contributed by atoms with Crippen molar-refractivity contribution in [3.63, 3.8) is 0 Å². The van der Waals surface area contributed by atoms with Crippen LogP contribution in [0.5, 0.6) is 0 Å². The Morgan fingerprint density at radius 2 is 1.86 bits per heavy atom. The smallest absolute Gasteiger partial charge is 0.167 e. The van der Waals surface area contributed by atoms with Gasteiger partial charge in [-0.1, -0.05) is 18.2 Å². The number of imidazole rings is 2. The molecule has 9 nitrogen and oxygen atoms in total. The topological polar surface area (TPSA) is 109 Å². The van der Waals surface area contributed by atoms with Crippen LogP contribution in [-0.4, -0.2) is 41.5 Å². The third-order valence-electron chi connectivity index (χ3n) is 4.76. The molecule has 0 fully saturated rings. The average molecular weight is 385 g/mol. The first-order chi connectivity index (χ1) is 14.2. The summed E-state index contributed by atoms with van der Waals surface area (Å²) in [4.78, 5) is 25.5. The van der Waals surface area contributed by atoms with Gasteiger partial charge in [-0.15, -0.1) is 0 Å². The maximum atomic E-state index is 4.87. The highest BCUT2D eigenvalue weighted by Crippen LogP contribution is 2.28. The lowest BCUT2D eigenvalue weighted by Crippen LogP contribution is -2.14. The van der Waals surface area contributed by atoms with Crippen molar-refractivity contribution in [2.45, 2.75) is 13.0 Å². The van der Waals surface area contributed by atoms with Crippen LogP contribution in [-0.2, 0) is 0 Å². The Morgan fingerprint density at radius 3 is 2.69 bits per heavy atom. The molecule has 0 bridgehead atoms. The van der Waals surface area contributed by atoms with E-state index in [-0.39, 0.29) is 6.04 Å². The monoisotopic (exact) mass is 385 g/mol. The van der Waals surface area contributed by atoms with Crippen LogP contribution in [0.3, 0.4) is 0 Å². The molecule has 0 saturated heterocycles. The predicted molar refractivity (Wildman–Crippen MR) is 112 cm³/mol. The molecule has 4 aromatic heterocycles. The molecular weight excluding hydrogens is 366 g/mol. The predicted octanol–water partition coefficient (Wildman–Crippen LogP) is 3.30. The first-order valence-electron chi connectivity index (χ1n) is 9.28. The lowest BCUT2D eigenvalue weighted by atomic mass is 10.2. The molecule has 5 aromatic rings. The van der Waals surface area contributed by atoms with Gasteiger partial charge in [0, 0.05) is 12.7 Å². The van der Waals surface area contributed by atoms with E-state index in [2.05, 4.69) is 35.1 Å². The van der Waals surface area contributed by atoms with Crippen molar-refractivity contribution in [3.8, 4) is 5.69 Å². The van der Waals surface area contributed by atoms with Gasteiger partial charge in [0.1, 0.15) is 29.0 Å². The number of rotatable bonds is 5. The third kappa shape index (κ3) is 2.92. The number of hydrogen-bond acceptors (Lipinski definition) is 7. The number of nitrogens with one attached hydrogen (secondary N) is 3. The summed E-state index contributed by atoms with van der Waals surface area (Å²) in [7, 11) is 1.85. The molecule has 5 rings (SSSR count). The fourth-order valence-corrected chi connectivity index (χ4v) is 3.38. The first kappa shape index (κ1) is 17.1. The molecule has 9 heteroatoms. The van der Waals surface area contributed by atoms with Crippen LogP contribution in [0.15, 0.2) is 55.1 Å². The Morgan fingerprint density at radius 1 is 1.00 bits per heavy atom. The van der Waals surface area contributed by atoms with Gasteiger partial charge in [0.25, 0.3) is 0 Å². The number of H-pyrrole nitrogens is 1. The maximum Gasteiger partial charge on any atom is 0.167 e. The van der Waals surface area contributed by atoms with Crippen LogP contribution in [0.4, 0.5) is 11.6 Å². The van der Waals surface area contributed by atoms with Crippen molar-refractivity contribution in [3.05, 3.63) is 60.9 Å². The molecule has 0 amide bonds. The van der Waals surface area contributed by atoms with Gasteiger partial charge in [-0.25, -0.2) is 24.9 Å². The molecule has 0 aliphatic carbocycles. The minimum absolute atomic E-state index is 0.155. The van der Waals surface area contributed by atoms with Crippen molar-refractivity contribution in [1.82, 2.24) is 34.5 Å². The number of fused-ring (bicyclic) bond motifs is 2. The normalized spacial score (nSPS) is 12.3. The fraction of sp³-hybridized carbons (Fsp3) is 0.150. The third-order valence-corrected chi connectivity index (χ3v) is 4.76. The first-order valence-corrected chi connectivity index (χ1v) is 9.28. The molecule has 1 aromatic carbocycles. The van der Waals surface area contributed by atoms with Crippen molar-refractivity contribution in [2.24, 2.45) is 0 Å². The highest BCUT2D eigenvalue weighted by molar-refractivity contribution is 5.82. The van der Waals surface area contributed by atoms with E-state index in [0.717, 1.165) is 28.5 Å². The summed E-state index contributed by atoms with van der Waals surface area (Å²) in [6.45, 7) is 2.04. The van der Waals surface area contributed by atoms with E-state index in [0.29, 0.717) is 17.0 Å². The molecule has 0 aliphatic rings. The van der Waals surface area contributed by atoms with Gasteiger partial charge >= 0.3 is 0 Å². The van der Waals surface area contributed by atoms with E-state index in [1.54, 1.807) is 6.33 Å². The second-order valence-corrected chi connectivity index (χ2v) is 6.62. The highest BCUT2D eigenvalue weighted by Gasteiger charge is 2.20. The Bertz CT molecular complexity index is 1290. The molecule has 0 saturated carbocycles. The van der Waals surface area contributed by atoms with Crippen LogP contribution in [0.1, 0.15) is 18.8 Å². The zero-order chi connectivity index (χ0) is 19.8. The molecule has 4 heterocycles. The molecule has 0 unspecified atom stereocenters. The van der Waals surface area contributed by atoms with E-state index in [9.17, 15) is 0 Å². The number of pyridine rings is 1. The Kier molecular flexibility index (Phi) is 4.05. The second kappa shape index (κ2) is 6.86. The highest BCUT2D eigenvalue weighted by atomic mass is 15.2. The fourth-order valence-electron chi connectivity index (χ4n) is 3.38. The lowest BCUT2D eigenvalue weighted by molar-refractivity contribution is 0.767. The second-order valence-electron chi connectivity index (χ2n) is 6.62. The molecule has 1 atom stereocenters. The van der Waals surface area contributed by atoms with E-state index >= 15 is 0 Å². The van der Waals surface area contributed by atoms with Crippen LogP contribution in [0.25, 0.3) is 28.0 Å². The molecule has 0 aliphatic heterocycles. The summed E-state index contributed by atoms with van der Waals surface area (Å²) in [6.07, 6.45) is 3.12. The molecule has 3 N–H and O–H groups in total. The number of para-hydroxylation sites is 1. The summed E-state index contributed by atoms with van der Waals surface area (Å²) in [5, 5.41) is 6.52. The zero-order valence-corrected chi connectivity index (χ0v) is 16.0. The van der Waals surface area contributed by atoms with Crippen LogP contribution in [0.2, 0.25) is 0 Å². The lowest BCUT2D eigenvalue weighted by Gasteiger charge is -2.16. The number of nitrogens with zero attached hydrogens (tertiary/aromatic N) is 6. The maximum absolute atomic E-state index is 4.87. The van der Waals surface area contributed by atoms with Crippen molar-refractivity contribution in [1.29, 1.82) is 0 Å². The minimum atomic E-state index is -0.155. The SMILES string of the molecule is CNc1ccc2nc([C@H](C)Nc3ncnc4[nH]cnc34)n(-c3ccccc3)c2n1. The summed E-state index contributed by atoms with van der Waals surface area (Å²) in [5.41, 5.74) is 3.99. The molecule has 0 spiro atoms. The van der Waals surface area contributed by atoms with E-state index < -0.39 is 0 Å². The van der Waals surface area contributed by atoms with Crippen molar-refractivity contribution >= 4 is 34.0 Å². The average Bonchev–Trinajstić information content (AvgIpc) is 3.39. The Hall–Kier alpha value is -4.01. The van der Waals surface area contributed by atoms with Gasteiger partial charge in [0.15, 0.2) is 17.1 Å². The number of hydrogen-bond donors (Lipinski definition) is 3. The van der Waals surface area contributed by atoms with E-state index in [4.69, 9.17) is 9.97 Å². The van der Waals surface area contributed by atoms with Crippen molar-refractivity contribution < 1.29 is 0 Å². The van der Waals surface area contributed by atoms with Gasteiger partial charge in [0.2, 0.25) is 0 Å². The summed E-state index contributed by atoms with van der Waals surface area (Å²) < 4.78 is 2.07. The molecule has 0 radical (unpaired) electrons. The number of anilines is 2. The zero-order valence-electron chi connectivity index (χ0n) is 16.0. The number of aromatic nitrogens is 7. The molecule has 29 heavy (non-hydrogen) atoms. The molecule has 144 valence electrons. The van der Waals surface area contributed by atoms with Crippen LogP contribution in [0, 0.1) is 0 Å². The quantitative estimate of drug-likeness (QED) is 0.426. The van der Waals surface area contributed by atoms with Crippen LogP contribution < -0.4 is 10.6 Å². The van der Waals surface area contributed by atoms with Crippen LogP contribution >= 0.6 is 0 Å². The molecular formula is C20H19N9. The van der Waals surface area contributed by atoms with Gasteiger partial charge < -0.3 is 15.6 Å². The number of benzene rings is 1. The van der Waals surface area contributed by atoms with Gasteiger partial charge in [-0.05, 0) is 31.2 Å². The van der Waals surface area contributed by atoms with Gasteiger partial charge in [0.05, 0.1) is 12.4 Å². The number of aromatic amines is 1. The Balaban J connectivity index is 1.64. The van der Waals surface area contributed by atoms with Gasteiger partial charge in [-0.3, -0.25) is 4.57 Å². The largest absolute Gasteiger partial charge is 0.373 e. The van der Waals surface area contributed by atoms with Gasteiger partial charge in [-0.2, -0.15) is 0 Å². The Labute approximate surface area is 166 Å².